The third-order valence-electron chi connectivity index (χ3n) is 3.67. The maximum Gasteiger partial charge on any atom is 0.255 e. The van der Waals surface area contributed by atoms with Gasteiger partial charge in [-0.05, 0) is 43.3 Å². The number of nitrogens with zero attached hydrogens (tertiary/aromatic N) is 1. The number of nitrogens with one attached hydrogen (secondary N) is 2. The maximum atomic E-state index is 13.3. The predicted molar refractivity (Wildman–Crippen MR) is 89.6 cm³/mol. The van der Waals surface area contributed by atoms with Crippen molar-refractivity contribution in [3.63, 3.8) is 0 Å². The minimum absolute atomic E-state index is 0.112. The summed E-state index contributed by atoms with van der Waals surface area (Å²) in [4.78, 5) is 12.3. The molecule has 0 unspecified atom stereocenters. The van der Waals surface area contributed by atoms with E-state index in [1.165, 1.54) is 0 Å². The Balaban J connectivity index is 1.92. The second-order valence-electron chi connectivity index (χ2n) is 5.41. The van der Waals surface area contributed by atoms with Crippen LogP contribution in [-0.4, -0.2) is 23.2 Å². The van der Waals surface area contributed by atoms with Crippen LogP contribution in [0.15, 0.2) is 42.5 Å². The first-order chi connectivity index (χ1) is 12.0. The summed E-state index contributed by atoms with van der Waals surface area (Å²) < 4.78 is 31.7. The average Bonchev–Trinajstić information content (AvgIpc) is 2.95. The van der Waals surface area contributed by atoms with Crippen molar-refractivity contribution in [2.24, 2.45) is 0 Å². The summed E-state index contributed by atoms with van der Waals surface area (Å²) in [6, 6.07) is 9.79. The van der Waals surface area contributed by atoms with E-state index in [-0.39, 0.29) is 5.56 Å². The van der Waals surface area contributed by atoms with Crippen LogP contribution in [0, 0.1) is 18.6 Å². The number of rotatable bonds is 4. The molecule has 1 amide bonds. The van der Waals surface area contributed by atoms with Crippen molar-refractivity contribution in [2.45, 2.75) is 6.92 Å². The fourth-order valence-corrected chi connectivity index (χ4v) is 2.41. The highest BCUT2D eigenvalue weighted by atomic mass is 19.1. The summed E-state index contributed by atoms with van der Waals surface area (Å²) in [5, 5.41) is 9.65. The number of aryl methyl sites for hydroxylation is 1. The number of ether oxygens (including phenoxy) is 1. The molecule has 25 heavy (non-hydrogen) atoms. The van der Waals surface area contributed by atoms with E-state index in [0.717, 1.165) is 17.7 Å². The van der Waals surface area contributed by atoms with E-state index in [0.29, 0.717) is 28.9 Å². The molecule has 7 heteroatoms. The first-order valence-corrected chi connectivity index (χ1v) is 7.45. The zero-order valence-electron chi connectivity index (χ0n) is 13.6. The number of hydrogen-bond acceptors (Lipinski definition) is 3. The molecule has 3 rings (SSSR count). The van der Waals surface area contributed by atoms with Gasteiger partial charge in [0.25, 0.3) is 5.91 Å². The van der Waals surface area contributed by atoms with Crippen LogP contribution in [0.1, 0.15) is 16.1 Å². The highest BCUT2D eigenvalue weighted by molar-refractivity contribution is 6.06. The summed E-state index contributed by atoms with van der Waals surface area (Å²) in [6.45, 7) is 1.74. The summed E-state index contributed by atoms with van der Waals surface area (Å²) in [6.07, 6.45) is 0. The standard InChI is InChI=1S/C18H15F2N3O2/c1-10-16(21-18(24)12-7-13(19)9-14(20)8-12)17(23-22-10)11-3-5-15(25-2)6-4-11/h3-9H,1-2H3,(H,21,24)(H,22,23). The molecule has 1 heterocycles. The lowest BCUT2D eigenvalue weighted by Crippen LogP contribution is -2.13. The van der Waals surface area contributed by atoms with Crippen LogP contribution in [-0.2, 0) is 0 Å². The molecule has 0 bridgehead atoms. The van der Waals surface area contributed by atoms with Gasteiger partial charge < -0.3 is 10.1 Å². The molecule has 0 spiro atoms. The smallest absolute Gasteiger partial charge is 0.255 e. The van der Waals surface area contributed by atoms with E-state index >= 15 is 0 Å². The summed E-state index contributed by atoms with van der Waals surface area (Å²) in [5.41, 5.74) is 2.23. The summed E-state index contributed by atoms with van der Waals surface area (Å²) >= 11 is 0. The summed E-state index contributed by atoms with van der Waals surface area (Å²) in [5.74, 6) is -1.57. The third kappa shape index (κ3) is 3.50. The molecule has 0 fully saturated rings. The van der Waals surface area contributed by atoms with Gasteiger partial charge in [-0.3, -0.25) is 9.89 Å². The van der Waals surface area contributed by atoms with Gasteiger partial charge in [-0.25, -0.2) is 8.78 Å². The first kappa shape index (κ1) is 16.6. The number of halogens is 2. The Bertz CT molecular complexity index is 900. The van der Waals surface area contributed by atoms with E-state index in [4.69, 9.17) is 4.74 Å². The number of H-pyrrole nitrogens is 1. The predicted octanol–water partition coefficient (Wildman–Crippen LogP) is 3.92. The van der Waals surface area contributed by atoms with Gasteiger partial charge in [-0.2, -0.15) is 5.10 Å². The number of hydrogen-bond donors (Lipinski definition) is 2. The molecular weight excluding hydrogens is 328 g/mol. The number of carbonyl (C=O) groups is 1. The Labute approximate surface area is 142 Å². The van der Waals surface area contributed by atoms with E-state index in [1.807, 2.05) is 0 Å². The van der Waals surface area contributed by atoms with Crippen LogP contribution in [0.4, 0.5) is 14.5 Å². The number of methoxy groups -OCH3 is 1. The number of anilines is 1. The lowest BCUT2D eigenvalue weighted by atomic mass is 10.1. The average molecular weight is 343 g/mol. The monoisotopic (exact) mass is 343 g/mol. The van der Waals surface area contributed by atoms with Gasteiger partial charge in [-0.1, -0.05) is 0 Å². The molecule has 0 atom stereocenters. The molecule has 2 aromatic carbocycles. The van der Waals surface area contributed by atoms with Gasteiger partial charge in [0.1, 0.15) is 23.1 Å². The van der Waals surface area contributed by atoms with Crippen LogP contribution < -0.4 is 10.1 Å². The number of aromatic amines is 1. The zero-order chi connectivity index (χ0) is 18.0. The van der Waals surface area contributed by atoms with E-state index < -0.39 is 17.5 Å². The van der Waals surface area contributed by atoms with Crippen molar-refractivity contribution < 1.29 is 18.3 Å². The molecule has 128 valence electrons. The number of aromatic nitrogens is 2. The molecule has 0 radical (unpaired) electrons. The lowest BCUT2D eigenvalue weighted by Gasteiger charge is -2.08. The van der Waals surface area contributed by atoms with Gasteiger partial charge in [0.15, 0.2) is 0 Å². The molecule has 5 nitrogen and oxygen atoms in total. The van der Waals surface area contributed by atoms with Crippen LogP contribution in [0.3, 0.4) is 0 Å². The molecule has 2 N–H and O–H groups in total. The molecular formula is C18H15F2N3O2. The third-order valence-corrected chi connectivity index (χ3v) is 3.67. The van der Waals surface area contributed by atoms with E-state index in [1.54, 1.807) is 38.3 Å². The van der Waals surface area contributed by atoms with Gasteiger partial charge in [0.2, 0.25) is 0 Å². The molecule has 0 aliphatic heterocycles. The van der Waals surface area contributed by atoms with Crippen molar-refractivity contribution in [2.75, 3.05) is 12.4 Å². The van der Waals surface area contributed by atoms with Crippen LogP contribution in [0.2, 0.25) is 0 Å². The van der Waals surface area contributed by atoms with Gasteiger partial charge in [-0.15, -0.1) is 0 Å². The SMILES string of the molecule is COc1ccc(-c2n[nH]c(C)c2NC(=O)c2cc(F)cc(F)c2)cc1. The molecule has 0 saturated carbocycles. The van der Waals surface area contributed by atoms with Crippen molar-refractivity contribution in [1.82, 2.24) is 10.2 Å². The fourth-order valence-electron chi connectivity index (χ4n) is 2.41. The first-order valence-electron chi connectivity index (χ1n) is 7.45. The minimum Gasteiger partial charge on any atom is -0.497 e. The Morgan fingerprint density at radius 3 is 2.36 bits per heavy atom. The minimum atomic E-state index is -0.815. The van der Waals surface area contributed by atoms with Crippen LogP contribution in [0.5, 0.6) is 5.75 Å². The second kappa shape index (κ2) is 6.72. The lowest BCUT2D eigenvalue weighted by molar-refractivity contribution is 0.102. The number of amides is 1. The Kier molecular flexibility index (Phi) is 4.47. The molecule has 0 aliphatic rings. The van der Waals surface area contributed by atoms with Crippen molar-refractivity contribution in [1.29, 1.82) is 0 Å². The van der Waals surface area contributed by atoms with Gasteiger partial charge >= 0.3 is 0 Å². The van der Waals surface area contributed by atoms with Crippen molar-refractivity contribution >= 4 is 11.6 Å². The summed E-state index contributed by atoms with van der Waals surface area (Å²) in [7, 11) is 1.57. The number of carbonyl (C=O) groups excluding carboxylic acids is 1. The molecule has 0 saturated heterocycles. The second-order valence-corrected chi connectivity index (χ2v) is 5.41. The van der Waals surface area contributed by atoms with Crippen molar-refractivity contribution in [3.8, 4) is 17.0 Å². The highest BCUT2D eigenvalue weighted by Crippen LogP contribution is 2.30. The molecule has 0 aliphatic carbocycles. The van der Waals surface area contributed by atoms with E-state index in [9.17, 15) is 13.6 Å². The zero-order valence-corrected chi connectivity index (χ0v) is 13.6. The quantitative estimate of drug-likeness (QED) is 0.754. The Morgan fingerprint density at radius 2 is 1.76 bits per heavy atom. The van der Waals surface area contributed by atoms with E-state index in [2.05, 4.69) is 15.5 Å². The number of benzene rings is 2. The van der Waals surface area contributed by atoms with Gasteiger partial charge in [0.05, 0.1) is 18.5 Å². The van der Waals surface area contributed by atoms with Crippen LogP contribution >= 0.6 is 0 Å². The largest absolute Gasteiger partial charge is 0.497 e. The fraction of sp³-hybridized carbons (Fsp3) is 0.111. The van der Waals surface area contributed by atoms with Crippen LogP contribution in [0.25, 0.3) is 11.3 Å². The highest BCUT2D eigenvalue weighted by Gasteiger charge is 2.17. The van der Waals surface area contributed by atoms with Gasteiger partial charge in [0, 0.05) is 17.2 Å². The molecule has 3 aromatic rings. The Hall–Kier alpha value is -3.22. The maximum absolute atomic E-state index is 13.3. The topological polar surface area (TPSA) is 67.0 Å². The molecule has 1 aromatic heterocycles. The van der Waals surface area contributed by atoms with Crippen molar-refractivity contribution in [3.05, 3.63) is 65.4 Å². The normalized spacial score (nSPS) is 10.6. The Morgan fingerprint density at radius 1 is 1.12 bits per heavy atom.